The van der Waals surface area contributed by atoms with Gasteiger partial charge >= 0.3 is 0 Å². The normalized spacial score (nSPS) is 10.3. The molecule has 0 saturated carbocycles. The Morgan fingerprint density at radius 3 is 2.56 bits per heavy atom. The van der Waals surface area contributed by atoms with Crippen molar-refractivity contribution in [2.24, 2.45) is 0 Å². The van der Waals surface area contributed by atoms with Gasteiger partial charge in [-0.05, 0) is 24.6 Å². The molecule has 0 atom stereocenters. The molecule has 0 bridgehead atoms. The Kier molecular flexibility index (Phi) is 6.47. The van der Waals surface area contributed by atoms with E-state index in [1.165, 1.54) is 38.5 Å². The van der Waals surface area contributed by atoms with Crippen LogP contribution in [0.25, 0.3) is 0 Å². The fourth-order valence-corrected chi connectivity index (χ4v) is 1.79. The van der Waals surface area contributed by atoms with Crippen molar-refractivity contribution in [2.45, 2.75) is 45.4 Å². The molecular formula is C14H24N2. The number of unbranched alkanes of at least 4 members (excludes halogenated alkanes) is 5. The van der Waals surface area contributed by atoms with Crippen molar-refractivity contribution in [1.29, 1.82) is 0 Å². The minimum absolute atomic E-state index is 0.827. The smallest absolute Gasteiger partial charge is 0.0360 e. The summed E-state index contributed by atoms with van der Waals surface area (Å²) in [6.45, 7) is 3.30. The van der Waals surface area contributed by atoms with Crippen LogP contribution in [0, 0.1) is 0 Å². The minimum Gasteiger partial charge on any atom is -0.399 e. The van der Waals surface area contributed by atoms with E-state index in [9.17, 15) is 0 Å². The predicted octanol–water partition coefficient (Wildman–Crippen LogP) is 4.04. The topological polar surface area (TPSA) is 38.0 Å². The summed E-state index contributed by atoms with van der Waals surface area (Å²) in [6, 6.07) is 7.94. The molecule has 1 rings (SSSR count). The quantitative estimate of drug-likeness (QED) is 0.512. The molecule has 0 fully saturated rings. The summed E-state index contributed by atoms with van der Waals surface area (Å²) < 4.78 is 0. The molecule has 0 aliphatic carbocycles. The molecule has 1 aromatic rings. The minimum atomic E-state index is 0.827. The SMILES string of the molecule is CCCCCCCCNc1cccc(N)c1. The van der Waals surface area contributed by atoms with E-state index < -0.39 is 0 Å². The van der Waals surface area contributed by atoms with E-state index in [4.69, 9.17) is 5.73 Å². The van der Waals surface area contributed by atoms with E-state index in [0.717, 1.165) is 17.9 Å². The van der Waals surface area contributed by atoms with Crippen molar-refractivity contribution in [2.75, 3.05) is 17.6 Å². The van der Waals surface area contributed by atoms with Crippen LogP contribution in [0.15, 0.2) is 24.3 Å². The fourth-order valence-electron chi connectivity index (χ4n) is 1.79. The maximum Gasteiger partial charge on any atom is 0.0360 e. The zero-order valence-corrected chi connectivity index (χ0v) is 10.3. The van der Waals surface area contributed by atoms with Crippen LogP contribution in [0.4, 0.5) is 11.4 Å². The highest BCUT2D eigenvalue weighted by Gasteiger charge is 1.93. The first-order valence-electron chi connectivity index (χ1n) is 6.42. The molecule has 2 heteroatoms. The van der Waals surface area contributed by atoms with Crippen molar-refractivity contribution in [3.8, 4) is 0 Å². The van der Waals surface area contributed by atoms with Crippen molar-refractivity contribution >= 4 is 11.4 Å². The zero-order valence-electron chi connectivity index (χ0n) is 10.3. The summed E-state index contributed by atoms with van der Waals surface area (Å²) in [5.74, 6) is 0. The fraction of sp³-hybridized carbons (Fsp3) is 0.571. The van der Waals surface area contributed by atoms with E-state index in [-0.39, 0.29) is 0 Å². The number of anilines is 2. The van der Waals surface area contributed by atoms with E-state index in [0.29, 0.717) is 0 Å². The molecule has 0 unspecified atom stereocenters. The van der Waals surface area contributed by atoms with Gasteiger partial charge in [-0.15, -0.1) is 0 Å². The Labute approximate surface area is 99.2 Å². The van der Waals surface area contributed by atoms with Crippen LogP contribution in [-0.4, -0.2) is 6.54 Å². The second kappa shape index (κ2) is 8.03. The molecule has 0 aromatic heterocycles. The molecule has 0 heterocycles. The van der Waals surface area contributed by atoms with Gasteiger partial charge < -0.3 is 11.1 Å². The lowest BCUT2D eigenvalue weighted by molar-refractivity contribution is 0.617. The highest BCUT2D eigenvalue weighted by atomic mass is 14.9. The van der Waals surface area contributed by atoms with E-state index >= 15 is 0 Å². The van der Waals surface area contributed by atoms with Crippen LogP contribution in [0.5, 0.6) is 0 Å². The molecule has 0 radical (unpaired) electrons. The summed E-state index contributed by atoms with van der Waals surface area (Å²) in [7, 11) is 0. The average Bonchev–Trinajstić information content (AvgIpc) is 2.28. The van der Waals surface area contributed by atoms with Gasteiger partial charge in [0, 0.05) is 17.9 Å². The summed E-state index contributed by atoms with van der Waals surface area (Å²) >= 11 is 0. The number of rotatable bonds is 8. The van der Waals surface area contributed by atoms with Crippen LogP contribution >= 0.6 is 0 Å². The van der Waals surface area contributed by atoms with Crippen molar-refractivity contribution < 1.29 is 0 Å². The Bertz CT molecular complexity index is 284. The second-order valence-electron chi connectivity index (χ2n) is 4.32. The molecule has 1 aromatic carbocycles. The largest absolute Gasteiger partial charge is 0.399 e. The summed E-state index contributed by atoms with van der Waals surface area (Å²) in [5, 5.41) is 3.40. The Hall–Kier alpha value is -1.18. The number of nitrogens with one attached hydrogen (secondary N) is 1. The third kappa shape index (κ3) is 5.64. The lowest BCUT2D eigenvalue weighted by Crippen LogP contribution is -2.01. The molecule has 16 heavy (non-hydrogen) atoms. The summed E-state index contributed by atoms with van der Waals surface area (Å²) in [4.78, 5) is 0. The van der Waals surface area contributed by atoms with Crippen molar-refractivity contribution in [3.05, 3.63) is 24.3 Å². The Morgan fingerprint density at radius 2 is 1.81 bits per heavy atom. The number of benzene rings is 1. The van der Waals surface area contributed by atoms with Gasteiger partial charge in [-0.25, -0.2) is 0 Å². The number of nitrogens with two attached hydrogens (primary N) is 1. The first kappa shape index (κ1) is 12.9. The van der Waals surface area contributed by atoms with Gasteiger partial charge in [0.1, 0.15) is 0 Å². The maximum atomic E-state index is 5.70. The maximum absolute atomic E-state index is 5.70. The van der Waals surface area contributed by atoms with E-state index in [1.54, 1.807) is 0 Å². The number of nitrogen functional groups attached to an aromatic ring is 1. The molecule has 0 aliphatic rings. The van der Waals surface area contributed by atoms with E-state index in [1.807, 2.05) is 18.2 Å². The average molecular weight is 220 g/mol. The third-order valence-electron chi connectivity index (χ3n) is 2.75. The molecule has 3 N–H and O–H groups in total. The van der Waals surface area contributed by atoms with Gasteiger partial charge in [0.05, 0.1) is 0 Å². The lowest BCUT2D eigenvalue weighted by atomic mass is 10.1. The van der Waals surface area contributed by atoms with Crippen LogP contribution in [0.1, 0.15) is 45.4 Å². The van der Waals surface area contributed by atoms with Crippen LogP contribution < -0.4 is 11.1 Å². The lowest BCUT2D eigenvalue weighted by Gasteiger charge is -2.06. The summed E-state index contributed by atoms with van der Waals surface area (Å²) in [6.07, 6.45) is 8.03. The summed E-state index contributed by atoms with van der Waals surface area (Å²) in [5.41, 5.74) is 7.66. The molecule has 0 aliphatic heterocycles. The van der Waals surface area contributed by atoms with Crippen LogP contribution in [-0.2, 0) is 0 Å². The predicted molar refractivity (Wildman–Crippen MR) is 72.7 cm³/mol. The van der Waals surface area contributed by atoms with Gasteiger partial charge in [0.2, 0.25) is 0 Å². The number of hydrogen-bond donors (Lipinski definition) is 2. The van der Waals surface area contributed by atoms with Gasteiger partial charge in [-0.1, -0.05) is 45.1 Å². The highest BCUT2D eigenvalue weighted by molar-refractivity contribution is 5.53. The first-order chi connectivity index (χ1) is 7.83. The van der Waals surface area contributed by atoms with E-state index in [2.05, 4.69) is 18.3 Å². The van der Waals surface area contributed by atoms with Gasteiger partial charge in [-0.2, -0.15) is 0 Å². The molecular weight excluding hydrogens is 196 g/mol. The van der Waals surface area contributed by atoms with Crippen LogP contribution in [0.2, 0.25) is 0 Å². The molecule has 2 nitrogen and oxygen atoms in total. The third-order valence-corrected chi connectivity index (χ3v) is 2.75. The van der Waals surface area contributed by atoms with Gasteiger partial charge in [-0.3, -0.25) is 0 Å². The van der Waals surface area contributed by atoms with Gasteiger partial charge in [0.15, 0.2) is 0 Å². The molecule has 0 amide bonds. The molecule has 90 valence electrons. The van der Waals surface area contributed by atoms with Crippen LogP contribution in [0.3, 0.4) is 0 Å². The Morgan fingerprint density at radius 1 is 1.06 bits per heavy atom. The van der Waals surface area contributed by atoms with Crippen molar-refractivity contribution in [1.82, 2.24) is 0 Å². The highest BCUT2D eigenvalue weighted by Crippen LogP contribution is 2.12. The first-order valence-corrected chi connectivity index (χ1v) is 6.42. The number of hydrogen-bond acceptors (Lipinski definition) is 2. The Balaban J connectivity index is 2.03. The molecule has 0 saturated heterocycles. The standard InChI is InChI=1S/C14H24N2/c1-2-3-4-5-6-7-11-16-14-10-8-9-13(15)12-14/h8-10,12,16H,2-7,11,15H2,1H3. The van der Waals surface area contributed by atoms with Crippen molar-refractivity contribution in [3.63, 3.8) is 0 Å². The zero-order chi connectivity index (χ0) is 11.6. The second-order valence-corrected chi connectivity index (χ2v) is 4.32. The monoisotopic (exact) mass is 220 g/mol. The van der Waals surface area contributed by atoms with Gasteiger partial charge in [0.25, 0.3) is 0 Å². The molecule has 0 spiro atoms.